The van der Waals surface area contributed by atoms with Crippen molar-refractivity contribution in [3.05, 3.63) is 30.4 Å². The molecule has 0 unspecified atom stereocenters. The van der Waals surface area contributed by atoms with Crippen LogP contribution < -0.4 is 10.6 Å². The zero-order valence-corrected chi connectivity index (χ0v) is 9.96. The van der Waals surface area contributed by atoms with Crippen LogP contribution >= 0.6 is 0 Å². The maximum Gasteiger partial charge on any atom is 0.230 e. The molecule has 0 aliphatic carbocycles. The first-order valence-corrected chi connectivity index (χ1v) is 5.51. The Balaban J connectivity index is 2.15. The highest BCUT2D eigenvalue weighted by atomic mass is 16.3. The molecule has 2 heterocycles. The van der Waals surface area contributed by atoms with Gasteiger partial charge in [0.05, 0.1) is 12.8 Å². The molecule has 0 aliphatic rings. The van der Waals surface area contributed by atoms with E-state index in [0.717, 1.165) is 5.69 Å². The number of anilines is 3. The number of hydrogen-bond acceptors (Lipinski definition) is 7. The van der Waals surface area contributed by atoms with Gasteiger partial charge < -0.3 is 15.7 Å². The van der Waals surface area contributed by atoms with E-state index >= 15 is 0 Å². The van der Waals surface area contributed by atoms with Crippen LogP contribution in [0.15, 0.2) is 24.7 Å². The minimum atomic E-state index is 0.0516. The first kappa shape index (κ1) is 12.2. The van der Waals surface area contributed by atoms with Gasteiger partial charge in [-0.15, -0.1) is 0 Å². The van der Waals surface area contributed by atoms with Crippen molar-refractivity contribution in [2.45, 2.75) is 6.92 Å². The molecule has 0 bridgehead atoms. The lowest BCUT2D eigenvalue weighted by atomic mass is 10.4. The largest absolute Gasteiger partial charge is 0.395 e. The van der Waals surface area contributed by atoms with Crippen LogP contribution in [0.1, 0.15) is 5.69 Å². The van der Waals surface area contributed by atoms with Gasteiger partial charge in [-0.1, -0.05) is 0 Å². The number of aromatic nitrogens is 4. The van der Waals surface area contributed by atoms with Crippen LogP contribution in [0, 0.1) is 6.92 Å². The fourth-order valence-electron chi connectivity index (χ4n) is 1.38. The Morgan fingerprint density at radius 1 is 1.22 bits per heavy atom. The van der Waals surface area contributed by atoms with Gasteiger partial charge in [0.25, 0.3) is 0 Å². The van der Waals surface area contributed by atoms with Crippen molar-refractivity contribution in [3.8, 4) is 0 Å². The molecule has 0 saturated carbocycles. The summed E-state index contributed by atoms with van der Waals surface area (Å²) >= 11 is 0. The van der Waals surface area contributed by atoms with Gasteiger partial charge in [0.1, 0.15) is 5.82 Å². The molecular formula is C11H14N6O. The number of nitrogens with zero attached hydrogens (tertiary/aromatic N) is 4. The minimum absolute atomic E-state index is 0.0516. The van der Waals surface area contributed by atoms with Crippen molar-refractivity contribution in [2.75, 3.05) is 23.8 Å². The SMILES string of the molecule is Cc1cc(NCCO)nc(Nc2cnccn2)n1. The Morgan fingerprint density at radius 2 is 2.11 bits per heavy atom. The van der Waals surface area contributed by atoms with Gasteiger partial charge in [0.15, 0.2) is 5.82 Å². The van der Waals surface area contributed by atoms with Crippen LogP contribution in [0.3, 0.4) is 0 Å². The Bertz CT molecular complexity index is 504. The Labute approximate surface area is 104 Å². The van der Waals surface area contributed by atoms with E-state index in [1.54, 1.807) is 24.7 Å². The molecule has 0 fully saturated rings. The maximum absolute atomic E-state index is 8.76. The van der Waals surface area contributed by atoms with Gasteiger partial charge in [0.2, 0.25) is 5.95 Å². The first-order chi connectivity index (χ1) is 8.78. The van der Waals surface area contributed by atoms with Crippen molar-refractivity contribution in [3.63, 3.8) is 0 Å². The number of aryl methyl sites for hydroxylation is 1. The number of hydrogen-bond donors (Lipinski definition) is 3. The van der Waals surface area contributed by atoms with Crippen molar-refractivity contribution in [2.24, 2.45) is 0 Å². The lowest BCUT2D eigenvalue weighted by molar-refractivity contribution is 0.311. The normalized spacial score (nSPS) is 10.1. The van der Waals surface area contributed by atoms with E-state index in [0.29, 0.717) is 24.1 Å². The molecular weight excluding hydrogens is 232 g/mol. The summed E-state index contributed by atoms with van der Waals surface area (Å²) in [4.78, 5) is 16.5. The summed E-state index contributed by atoms with van der Waals surface area (Å²) in [6, 6.07) is 1.80. The Kier molecular flexibility index (Phi) is 3.98. The van der Waals surface area contributed by atoms with Gasteiger partial charge in [-0.05, 0) is 6.92 Å². The third-order valence-corrected chi connectivity index (χ3v) is 2.08. The molecule has 2 aromatic heterocycles. The number of aliphatic hydroxyl groups excluding tert-OH is 1. The Hall–Kier alpha value is -2.28. The van der Waals surface area contributed by atoms with E-state index in [-0.39, 0.29) is 6.61 Å². The second-order valence-corrected chi connectivity index (χ2v) is 3.58. The third kappa shape index (κ3) is 3.36. The molecule has 0 radical (unpaired) electrons. The topological polar surface area (TPSA) is 95.8 Å². The molecule has 0 spiro atoms. The summed E-state index contributed by atoms with van der Waals surface area (Å²) in [5, 5.41) is 14.7. The summed E-state index contributed by atoms with van der Waals surface area (Å²) < 4.78 is 0. The van der Waals surface area contributed by atoms with Crippen molar-refractivity contribution < 1.29 is 5.11 Å². The van der Waals surface area contributed by atoms with Crippen LogP contribution in [0.4, 0.5) is 17.6 Å². The quantitative estimate of drug-likeness (QED) is 0.715. The number of nitrogens with one attached hydrogen (secondary N) is 2. The van der Waals surface area contributed by atoms with E-state index < -0.39 is 0 Å². The zero-order chi connectivity index (χ0) is 12.8. The highest BCUT2D eigenvalue weighted by molar-refractivity contribution is 5.50. The van der Waals surface area contributed by atoms with Crippen molar-refractivity contribution in [1.29, 1.82) is 0 Å². The zero-order valence-electron chi connectivity index (χ0n) is 9.96. The monoisotopic (exact) mass is 246 g/mol. The molecule has 0 amide bonds. The van der Waals surface area contributed by atoms with Crippen LogP contribution in [0.2, 0.25) is 0 Å². The molecule has 0 aliphatic heterocycles. The maximum atomic E-state index is 8.76. The molecule has 18 heavy (non-hydrogen) atoms. The fourth-order valence-corrected chi connectivity index (χ4v) is 1.38. The van der Waals surface area contributed by atoms with E-state index in [4.69, 9.17) is 5.11 Å². The van der Waals surface area contributed by atoms with Crippen molar-refractivity contribution in [1.82, 2.24) is 19.9 Å². The summed E-state index contributed by atoms with van der Waals surface area (Å²) in [7, 11) is 0. The summed E-state index contributed by atoms with van der Waals surface area (Å²) in [5.74, 6) is 1.68. The van der Waals surface area contributed by atoms with E-state index in [9.17, 15) is 0 Å². The first-order valence-electron chi connectivity index (χ1n) is 5.51. The van der Waals surface area contributed by atoms with E-state index in [1.807, 2.05) is 6.92 Å². The Morgan fingerprint density at radius 3 is 2.83 bits per heavy atom. The number of rotatable bonds is 5. The molecule has 0 atom stereocenters. The molecule has 7 nitrogen and oxygen atoms in total. The molecule has 0 aromatic carbocycles. The van der Waals surface area contributed by atoms with Gasteiger partial charge >= 0.3 is 0 Å². The summed E-state index contributed by atoms with van der Waals surface area (Å²) in [6.07, 6.45) is 4.77. The van der Waals surface area contributed by atoms with Gasteiger partial charge in [-0.25, -0.2) is 9.97 Å². The highest BCUT2D eigenvalue weighted by Gasteiger charge is 2.03. The standard InChI is InChI=1S/C11H14N6O/c1-8-6-9(14-4-5-18)16-11(15-8)17-10-7-12-2-3-13-10/h2-3,6-7,18H,4-5H2,1H3,(H2,13,14,15,16,17). The predicted molar refractivity (Wildman–Crippen MR) is 67.7 cm³/mol. The van der Waals surface area contributed by atoms with Crippen LogP contribution in [0.25, 0.3) is 0 Å². The summed E-state index contributed by atoms with van der Waals surface area (Å²) in [6.45, 7) is 2.37. The molecule has 2 rings (SSSR count). The van der Waals surface area contributed by atoms with Gasteiger partial charge in [0, 0.05) is 30.7 Å². The predicted octanol–water partition coefficient (Wildman–Crippen LogP) is 0.723. The average Bonchev–Trinajstić information content (AvgIpc) is 2.37. The molecule has 7 heteroatoms. The van der Waals surface area contributed by atoms with Gasteiger partial charge in [-0.2, -0.15) is 4.98 Å². The van der Waals surface area contributed by atoms with Crippen molar-refractivity contribution >= 4 is 17.6 Å². The minimum Gasteiger partial charge on any atom is -0.395 e. The van der Waals surface area contributed by atoms with Gasteiger partial charge in [-0.3, -0.25) is 4.98 Å². The summed E-state index contributed by atoms with van der Waals surface area (Å²) in [5.41, 5.74) is 0.817. The van der Waals surface area contributed by atoms with Crippen LogP contribution in [-0.4, -0.2) is 38.2 Å². The smallest absolute Gasteiger partial charge is 0.230 e. The number of aliphatic hydroxyl groups is 1. The van der Waals surface area contributed by atoms with Crippen LogP contribution in [0.5, 0.6) is 0 Å². The fraction of sp³-hybridized carbons (Fsp3) is 0.273. The molecule has 0 saturated heterocycles. The van der Waals surface area contributed by atoms with E-state index in [2.05, 4.69) is 30.6 Å². The molecule has 2 aromatic rings. The second kappa shape index (κ2) is 5.87. The lowest BCUT2D eigenvalue weighted by Crippen LogP contribution is -2.09. The van der Waals surface area contributed by atoms with Crippen LogP contribution in [-0.2, 0) is 0 Å². The second-order valence-electron chi connectivity index (χ2n) is 3.58. The third-order valence-electron chi connectivity index (χ3n) is 2.08. The van der Waals surface area contributed by atoms with E-state index in [1.165, 1.54) is 0 Å². The lowest BCUT2D eigenvalue weighted by Gasteiger charge is -2.08. The molecule has 3 N–H and O–H groups in total. The molecule has 94 valence electrons. The highest BCUT2D eigenvalue weighted by Crippen LogP contribution is 2.12. The average molecular weight is 246 g/mol.